The molecule has 12 heteroatoms. The predicted molar refractivity (Wildman–Crippen MR) is 59.9 cm³/mol. The van der Waals surface area contributed by atoms with Crippen molar-refractivity contribution in [2.75, 3.05) is 3.71 Å². The number of hydrogen-bond acceptors (Lipinski definition) is 3. The lowest BCUT2D eigenvalue weighted by atomic mass is 10.3. The molecule has 0 fully saturated rings. The highest BCUT2D eigenvalue weighted by Crippen LogP contribution is 2.38. The average molecular weight is 342 g/mol. The van der Waals surface area contributed by atoms with Crippen LogP contribution in [0.2, 0.25) is 0 Å². The van der Waals surface area contributed by atoms with Crippen LogP contribution in [0, 0.1) is 0 Å². The van der Waals surface area contributed by atoms with Gasteiger partial charge in [-0.15, -0.1) is 13.2 Å². The second-order valence-corrected chi connectivity index (χ2v) is 6.59. The lowest BCUT2D eigenvalue weighted by Crippen LogP contribution is -2.49. The number of halogens is 6. The van der Waals surface area contributed by atoms with Gasteiger partial charge in [0.15, 0.2) is 0 Å². The molecule has 0 radical (unpaired) electrons. The molecule has 0 bridgehead atoms. The first kappa shape index (κ1) is 16.9. The van der Waals surface area contributed by atoms with Gasteiger partial charge >= 0.3 is 32.4 Å². The lowest BCUT2D eigenvalue weighted by molar-refractivity contribution is -0.0458. The van der Waals surface area contributed by atoms with Crippen LogP contribution in [0.1, 0.15) is 0 Å². The van der Waals surface area contributed by atoms with Crippen molar-refractivity contribution < 1.29 is 39.3 Å². The third-order valence-electron chi connectivity index (χ3n) is 1.84. The summed E-state index contributed by atoms with van der Waals surface area (Å²) in [6.45, 7) is 0. The van der Waals surface area contributed by atoms with Gasteiger partial charge in [0.05, 0.1) is 0 Å². The monoisotopic (exact) mass is 342 g/mol. The average Bonchev–Trinajstić information content (AvgIpc) is 2.27. The summed E-state index contributed by atoms with van der Waals surface area (Å²) in [5.74, 6) is 0. The van der Waals surface area contributed by atoms with Crippen molar-refractivity contribution in [1.82, 2.24) is 0 Å². The van der Waals surface area contributed by atoms with Gasteiger partial charge in [0, 0.05) is 0 Å². The first-order valence-electron chi connectivity index (χ1n) is 4.56. The molecule has 0 saturated heterocycles. The summed E-state index contributed by atoms with van der Waals surface area (Å²) >= 11 is -4.17. The van der Waals surface area contributed by atoms with E-state index in [1.165, 1.54) is 6.07 Å². The molecule has 1 rings (SSSR count). The van der Waals surface area contributed by atoms with Crippen molar-refractivity contribution in [2.45, 2.75) is 11.0 Å². The summed E-state index contributed by atoms with van der Waals surface area (Å²) in [6.07, 6.45) is 0. The molecular weight excluding hydrogens is 336 g/mol. The maximum absolute atomic E-state index is 12.4. The van der Waals surface area contributed by atoms with E-state index in [2.05, 4.69) is 0 Å². The van der Waals surface area contributed by atoms with E-state index in [4.69, 9.17) is 4.55 Å². The van der Waals surface area contributed by atoms with Crippen molar-refractivity contribution in [3.8, 4) is 0 Å². The van der Waals surface area contributed by atoms with Gasteiger partial charge in [0.25, 0.3) is 0 Å². The smallest absolute Gasteiger partial charge is 0.193 e. The van der Waals surface area contributed by atoms with Crippen molar-refractivity contribution in [1.29, 1.82) is 0 Å². The van der Waals surface area contributed by atoms with E-state index < -0.39 is 41.8 Å². The minimum Gasteiger partial charge on any atom is -0.193 e. The lowest BCUT2D eigenvalue weighted by Gasteiger charge is -2.20. The Labute approximate surface area is 112 Å². The highest BCUT2D eigenvalue weighted by atomic mass is 32.3. The van der Waals surface area contributed by atoms with Crippen LogP contribution in [-0.2, 0) is 21.4 Å². The standard InChI is InChI=1S/C8H6F6NO3S2/c9-7(10,11)19(16)15(6-4-2-1-3-5-6)20(17,18)8(12,13)14/h1-5,16H/q+1. The topological polar surface area (TPSA) is 57.6 Å². The summed E-state index contributed by atoms with van der Waals surface area (Å²) in [7, 11) is -6.40. The van der Waals surface area contributed by atoms with E-state index in [-0.39, 0.29) is 0 Å². The van der Waals surface area contributed by atoms with Gasteiger partial charge in [-0.05, 0) is 15.8 Å². The molecule has 20 heavy (non-hydrogen) atoms. The molecule has 0 amide bonds. The van der Waals surface area contributed by atoms with Crippen LogP contribution in [-0.4, -0.2) is 24.0 Å². The maximum atomic E-state index is 12.4. The Kier molecular flexibility index (Phi) is 4.51. The number of para-hydroxylation sites is 1. The summed E-state index contributed by atoms with van der Waals surface area (Å²) in [5, 5.41) is 0. The summed E-state index contributed by atoms with van der Waals surface area (Å²) in [4.78, 5) is 0. The van der Waals surface area contributed by atoms with Gasteiger partial charge in [-0.2, -0.15) is 26.1 Å². The highest BCUT2D eigenvalue weighted by Gasteiger charge is 2.67. The SMILES string of the molecule is O=S(=O)(N(c1ccccc1)[S+](O)C(F)(F)F)C(F)(F)F. The summed E-state index contributed by atoms with van der Waals surface area (Å²) in [6, 6.07) is 4.71. The minimum absolute atomic E-state index is 0.700. The Morgan fingerprint density at radius 2 is 1.45 bits per heavy atom. The number of benzene rings is 1. The normalized spacial score (nSPS) is 14.9. The van der Waals surface area contributed by atoms with Crippen LogP contribution in [0.3, 0.4) is 0 Å². The van der Waals surface area contributed by atoms with E-state index in [1.807, 2.05) is 0 Å². The molecule has 0 aliphatic heterocycles. The third kappa shape index (κ3) is 3.30. The van der Waals surface area contributed by atoms with Gasteiger partial charge < -0.3 is 0 Å². The Balaban J connectivity index is 3.46. The molecule has 0 aliphatic carbocycles. The van der Waals surface area contributed by atoms with Crippen LogP contribution >= 0.6 is 0 Å². The molecule has 0 aliphatic rings. The molecule has 0 spiro atoms. The fourth-order valence-corrected chi connectivity index (χ4v) is 3.42. The van der Waals surface area contributed by atoms with E-state index in [1.54, 1.807) is 0 Å². The summed E-state index contributed by atoms with van der Waals surface area (Å²) < 4.78 is 105. The van der Waals surface area contributed by atoms with Gasteiger partial charge in [-0.3, -0.25) is 0 Å². The molecule has 4 nitrogen and oxygen atoms in total. The fourth-order valence-electron chi connectivity index (χ4n) is 1.07. The van der Waals surface area contributed by atoms with Gasteiger partial charge in [-0.1, -0.05) is 18.2 Å². The molecule has 0 saturated carbocycles. The van der Waals surface area contributed by atoms with Gasteiger partial charge in [0.2, 0.25) is 0 Å². The zero-order valence-electron chi connectivity index (χ0n) is 9.18. The third-order valence-corrected chi connectivity index (χ3v) is 5.03. The highest BCUT2D eigenvalue weighted by molar-refractivity contribution is 8.11. The minimum atomic E-state index is -6.40. The quantitative estimate of drug-likeness (QED) is 0.679. The second-order valence-electron chi connectivity index (χ2n) is 3.22. The number of anilines is 1. The van der Waals surface area contributed by atoms with E-state index in [0.29, 0.717) is 12.1 Å². The van der Waals surface area contributed by atoms with Crippen LogP contribution < -0.4 is 3.71 Å². The maximum Gasteiger partial charge on any atom is 0.636 e. The number of sulfonamides is 1. The van der Waals surface area contributed by atoms with Crippen LogP contribution in [0.15, 0.2) is 30.3 Å². The van der Waals surface area contributed by atoms with E-state index >= 15 is 0 Å². The number of alkyl halides is 6. The molecule has 1 aromatic rings. The Bertz CT molecular complexity index is 556. The van der Waals surface area contributed by atoms with Crippen LogP contribution in [0.4, 0.5) is 32.0 Å². The molecule has 1 aromatic carbocycles. The molecule has 1 unspecified atom stereocenters. The molecule has 0 heterocycles. The molecular formula is C8H6F6NO3S2+. The fraction of sp³-hybridized carbons (Fsp3) is 0.250. The van der Waals surface area contributed by atoms with Crippen molar-refractivity contribution >= 4 is 27.1 Å². The van der Waals surface area contributed by atoms with Crippen molar-refractivity contribution in [3.05, 3.63) is 30.3 Å². The molecule has 0 aromatic heterocycles. The van der Waals surface area contributed by atoms with E-state index in [9.17, 15) is 34.8 Å². The number of hydrogen-bond donors (Lipinski definition) is 1. The Morgan fingerprint density at radius 1 is 1.00 bits per heavy atom. The number of nitrogens with zero attached hydrogens (tertiary/aromatic N) is 1. The summed E-state index contributed by atoms with van der Waals surface area (Å²) in [5.41, 5.74) is -12.5. The Hall–Kier alpha value is -1.14. The largest absolute Gasteiger partial charge is 0.636 e. The second kappa shape index (κ2) is 5.33. The van der Waals surface area contributed by atoms with Gasteiger partial charge in [-0.25, -0.2) is 0 Å². The van der Waals surface area contributed by atoms with Crippen LogP contribution in [0.5, 0.6) is 0 Å². The molecule has 1 atom stereocenters. The first-order valence-corrected chi connectivity index (χ1v) is 7.14. The molecule has 1 N–H and O–H groups in total. The first-order chi connectivity index (χ1) is 8.89. The van der Waals surface area contributed by atoms with Gasteiger partial charge in [0.1, 0.15) is 5.69 Å². The predicted octanol–water partition coefficient (Wildman–Crippen LogP) is 2.87. The zero-order valence-corrected chi connectivity index (χ0v) is 10.8. The Morgan fingerprint density at radius 3 is 1.80 bits per heavy atom. The van der Waals surface area contributed by atoms with Crippen LogP contribution in [0.25, 0.3) is 0 Å². The zero-order chi connectivity index (χ0) is 15.8. The van der Waals surface area contributed by atoms with Crippen molar-refractivity contribution in [3.63, 3.8) is 0 Å². The van der Waals surface area contributed by atoms with E-state index in [0.717, 1.165) is 12.1 Å². The number of rotatable bonds is 3. The van der Waals surface area contributed by atoms with Crippen molar-refractivity contribution in [2.24, 2.45) is 0 Å². The molecule has 114 valence electrons.